The van der Waals surface area contributed by atoms with Gasteiger partial charge in [0.15, 0.2) is 0 Å². The number of aliphatic hydroxyl groups excluding tert-OH is 1. The largest absolute Gasteiger partial charge is 0.494 e. The Kier molecular flexibility index (Phi) is 5.08. The molecule has 1 rings (SSSR count). The van der Waals surface area contributed by atoms with E-state index in [2.05, 4.69) is 5.32 Å². The van der Waals surface area contributed by atoms with Crippen LogP contribution in [0.1, 0.15) is 13.8 Å². The summed E-state index contributed by atoms with van der Waals surface area (Å²) in [5, 5.41) is 32.2. The van der Waals surface area contributed by atoms with Crippen LogP contribution < -0.4 is 10.1 Å². The molecule has 0 aliphatic carbocycles. The van der Waals surface area contributed by atoms with Crippen molar-refractivity contribution < 1.29 is 19.9 Å². The summed E-state index contributed by atoms with van der Waals surface area (Å²) in [7, 11) is 0. The van der Waals surface area contributed by atoms with Crippen molar-refractivity contribution in [3.05, 3.63) is 28.3 Å². The SMILES string of the molecule is CCOc1cc(NCC(C)(O)CO)cc([N+](=O)[O-])c1. The summed E-state index contributed by atoms with van der Waals surface area (Å²) in [6.45, 7) is 3.29. The number of anilines is 1. The van der Waals surface area contributed by atoms with E-state index in [4.69, 9.17) is 9.84 Å². The van der Waals surface area contributed by atoms with E-state index in [-0.39, 0.29) is 12.2 Å². The zero-order valence-electron chi connectivity index (χ0n) is 10.9. The zero-order chi connectivity index (χ0) is 14.5. The molecule has 0 radical (unpaired) electrons. The highest BCUT2D eigenvalue weighted by Crippen LogP contribution is 2.26. The smallest absolute Gasteiger partial charge is 0.275 e. The first-order chi connectivity index (χ1) is 8.88. The second-order valence-electron chi connectivity index (χ2n) is 4.41. The van der Waals surface area contributed by atoms with Crippen LogP contribution in [0, 0.1) is 10.1 Å². The molecule has 0 amide bonds. The minimum Gasteiger partial charge on any atom is -0.494 e. The molecule has 1 aromatic rings. The lowest BCUT2D eigenvalue weighted by atomic mass is 10.1. The van der Waals surface area contributed by atoms with Gasteiger partial charge in [-0.1, -0.05) is 0 Å². The maximum atomic E-state index is 10.8. The molecule has 1 unspecified atom stereocenters. The number of aliphatic hydroxyl groups is 2. The molecular weight excluding hydrogens is 252 g/mol. The van der Waals surface area contributed by atoms with Gasteiger partial charge in [0, 0.05) is 24.4 Å². The lowest BCUT2D eigenvalue weighted by molar-refractivity contribution is -0.384. The van der Waals surface area contributed by atoms with Gasteiger partial charge in [-0.05, 0) is 13.8 Å². The van der Waals surface area contributed by atoms with E-state index in [1.807, 2.05) is 0 Å². The molecule has 0 spiro atoms. The van der Waals surface area contributed by atoms with Gasteiger partial charge in [-0.2, -0.15) is 0 Å². The van der Waals surface area contributed by atoms with Crippen molar-refractivity contribution >= 4 is 11.4 Å². The molecule has 7 heteroatoms. The fraction of sp³-hybridized carbons (Fsp3) is 0.500. The van der Waals surface area contributed by atoms with Crippen LogP contribution in [0.3, 0.4) is 0 Å². The number of rotatable bonds is 7. The molecule has 0 aliphatic rings. The Morgan fingerprint density at radius 2 is 2.16 bits per heavy atom. The van der Waals surface area contributed by atoms with E-state index in [9.17, 15) is 15.2 Å². The predicted octanol–water partition coefficient (Wildman–Crippen LogP) is 1.15. The first kappa shape index (κ1) is 15.2. The molecule has 1 atom stereocenters. The number of benzene rings is 1. The lowest BCUT2D eigenvalue weighted by Crippen LogP contribution is -2.37. The summed E-state index contributed by atoms with van der Waals surface area (Å²) in [5.74, 6) is 0.378. The summed E-state index contributed by atoms with van der Waals surface area (Å²) in [5.41, 5.74) is -0.945. The summed E-state index contributed by atoms with van der Waals surface area (Å²) in [4.78, 5) is 10.3. The fourth-order valence-electron chi connectivity index (χ4n) is 1.39. The van der Waals surface area contributed by atoms with Crippen LogP contribution in [0.15, 0.2) is 18.2 Å². The number of hydrogen-bond donors (Lipinski definition) is 3. The zero-order valence-corrected chi connectivity index (χ0v) is 10.9. The molecule has 0 aliphatic heterocycles. The third kappa shape index (κ3) is 4.72. The van der Waals surface area contributed by atoms with Crippen LogP contribution in [-0.4, -0.2) is 40.5 Å². The van der Waals surface area contributed by atoms with E-state index in [0.29, 0.717) is 18.0 Å². The van der Waals surface area contributed by atoms with Crippen LogP contribution in [0.5, 0.6) is 5.75 Å². The highest BCUT2D eigenvalue weighted by atomic mass is 16.6. The molecule has 106 valence electrons. The molecule has 0 saturated carbocycles. The van der Waals surface area contributed by atoms with Crippen molar-refractivity contribution in [2.75, 3.05) is 25.1 Å². The third-order valence-electron chi connectivity index (χ3n) is 2.43. The van der Waals surface area contributed by atoms with Crippen molar-refractivity contribution in [3.63, 3.8) is 0 Å². The van der Waals surface area contributed by atoms with E-state index >= 15 is 0 Å². The maximum absolute atomic E-state index is 10.8. The van der Waals surface area contributed by atoms with Crippen LogP contribution in [-0.2, 0) is 0 Å². The number of nitrogens with zero attached hydrogens (tertiary/aromatic N) is 1. The van der Waals surface area contributed by atoms with Crippen LogP contribution in [0.2, 0.25) is 0 Å². The van der Waals surface area contributed by atoms with Gasteiger partial charge in [-0.25, -0.2) is 0 Å². The summed E-state index contributed by atoms with van der Waals surface area (Å²) in [6.07, 6.45) is 0. The van der Waals surface area contributed by atoms with Crippen molar-refractivity contribution in [1.29, 1.82) is 0 Å². The van der Waals surface area contributed by atoms with Gasteiger partial charge in [-0.15, -0.1) is 0 Å². The summed E-state index contributed by atoms with van der Waals surface area (Å²) >= 11 is 0. The average molecular weight is 270 g/mol. The highest BCUT2D eigenvalue weighted by Gasteiger charge is 2.19. The Balaban J connectivity index is 2.90. The van der Waals surface area contributed by atoms with E-state index in [1.54, 1.807) is 13.0 Å². The Morgan fingerprint density at radius 3 is 2.68 bits per heavy atom. The minimum atomic E-state index is -1.30. The fourth-order valence-corrected chi connectivity index (χ4v) is 1.39. The first-order valence-electron chi connectivity index (χ1n) is 5.87. The van der Waals surface area contributed by atoms with Crippen molar-refractivity contribution in [2.45, 2.75) is 19.4 Å². The molecule has 19 heavy (non-hydrogen) atoms. The van der Waals surface area contributed by atoms with Crippen molar-refractivity contribution in [3.8, 4) is 5.75 Å². The van der Waals surface area contributed by atoms with Gasteiger partial charge >= 0.3 is 0 Å². The van der Waals surface area contributed by atoms with E-state index in [1.165, 1.54) is 19.1 Å². The summed E-state index contributed by atoms with van der Waals surface area (Å²) < 4.78 is 5.24. The van der Waals surface area contributed by atoms with Crippen molar-refractivity contribution in [1.82, 2.24) is 0 Å². The van der Waals surface area contributed by atoms with Crippen molar-refractivity contribution in [2.24, 2.45) is 0 Å². The molecule has 0 bridgehead atoms. The number of non-ortho nitro benzene ring substituents is 1. The average Bonchev–Trinajstić information content (AvgIpc) is 2.37. The Hall–Kier alpha value is -1.86. The predicted molar refractivity (Wildman–Crippen MR) is 70.5 cm³/mol. The third-order valence-corrected chi connectivity index (χ3v) is 2.43. The highest BCUT2D eigenvalue weighted by molar-refractivity contribution is 5.56. The number of nitro benzene ring substituents is 1. The van der Waals surface area contributed by atoms with E-state index < -0.39 is 17.1 Å². The Bertz CT molecular complexity index is 448. The molecular formula is C12H18N2O5. The molecule has 1 aromatic carbocycles. The maximum Gasteiger partial charge on any atom is 0.275 e. The van der Waals surface area contributed by atoms with Gasteiger partial charge in [0.05, 0.1) is 24.2 Å². The number of ether oxygens (including phenoxy) is 1. The molecule has 0 heterocycles. The van der Waals surface area contributed by atoms with Crippen LogP contribution >= 0.6 is 0 Å². The first-order valence-corrected chi connectivity index (χ1v) is 5.87. The number of hydrogen-bond acceptors (Lipinski definition) is 6. The van der Waals surface area contributed by atoms with Crippen LogP contribution in [0.25, 0.3) is 0 Å². The summed E-state index contributed by atoms with van der Waals surface area (Å²) in [6, 6.07) is 4.28. The number of nitro groups is 1. The normalized spacial score (nSPS) is 13.7. The van der Waals surface area contributed by atoms with Gasteiger partial charge in [-0.3, -0.25) is 10.1 Å². The van der Waals surface area contributed by atoms with E-state index in [0.717, 1.165) is 0 Å². The quantitative estimate of drug-likeness (QED) is 0.507. The molecule has 0 saturated heterocycles. The van der Waals surface area contributed by atoms with Gasteiger partial charge in [0.1, 0.15) is 11.4 Å². The van der Waals surface area contributed by atoms with Crippen LogP contribution in [0.4, 0.5) is 11.4 Å². The molecule has 3 N–H and O–H groups in total. The standard InChI is InChI=1S/C12H18N2O5/c1-3-19-11-5-9(4-10(6-11)14(17)18)13-7-12(2,16)8-15/h4-6,13,15-16H,3,7-8H2,1-2H3. The second kappa shape index (κ2) is 6.35. The number of nitrogens with one attached hydrogen (secondary N) is 1. The molecule has 0 aromatic heterocycles. The second-order valence-corrected chi connectivity index (χ2v) is 4.41. The van der Waals surface area contributed by atoms with Gasteiger partial charge in [0.2, 0.25) is 0 Å². The lowest BCUT2D eigenvalue weighted by Gasteiger charge is -2.21. The Morgan fingerprint density at radius 1 is 1.47 bits per heavy atom. The molecule has 7 nitrogen and oxygen atoms in total. The van der Waals surface area contributed by atoms with Gasteiger partial charge < -0.3 is 20.3 Å². The topological polar surface area (TPSA) is 105 Å². The van der Waals surface area contributed by atoms with Gasteiger partial charge in [0.25, 0.3) is 5.69 Å². The molecule has 0 fully saturated rings. The Labute approximate surface area is 111 Å². The monoisotopic (exact) mass is 270 g/mol. The minimum absolute atomic E-state index is 0.0657.